The zero-order chi connectivity index (χ0) is 21.7. The van der Waals surface area contributed by atoms with Crippen LogP contribution in [0.2, 0.25) is 5.02 Å². The van der Waals surface area contributed by atoms with Gasteiger partial charge in [-0.2, -0.15) is 4.31 Å². The molecule has 0 aromatic heterocycles. The molecule has 1 fully saturated rings. The molecule has 1 atom stereocenters. The van der Waals surface area contributed by atoms with Crippen LogP contribution in [-0.2, 0) is 14.8 Å². The first kappa shape index (κ1) is 22.4. The summed E-state index contributed by atoms with van der Waals surface area (Å²) < 4.78 is 38.5. The fraction of sp³-hybridized carbons (Fsp3) is 0.381. The fourth-order valence-corrected chi connectivity index (χ4v) is 5.39. The average molecular weight is 453 g/mol. The van der Waals surface area contributed by atoms with E-state index in [4.69, 9.17) is 21.1 Å². The lowest BCUT2D eigenvalue weighted by Gasteiger charge is -2.31. The van der Waals surface area contributed by atoms with E-state index in [2.05, 4.69) is 5.32 Å². The van der Waals surface area contributed by atoms with Crippen molar-refractivity contribution in [2.45, 2.75) is 24.7 Å². The van der Waals surface area contributed by atoms with E-state index in [1.54, 1.807) is 24.3 Å². The number of carbonyl (C=O) groups is 1. The lowest BCUT2D eigenvalue weighted by atomic mass is 9.98. The second-order valence-corrected chi connectivity index (χ2v) is 9.26. The molecular formula is C21H25ClN2O5S. The molecule has 30 heavy (non-hydrogen) atoms. The Bertz CT molecular complexity index is 1010. The molecule has 9 heteroatoms. The summed E-state index contributed by atoms with van der Waals surface area (Å²) in [7, 11) is -2.46. The quantitative estimate of drug-likeness (QED) is 0.690. The molecule has 2 aromatic carbocycles. The Kier molecular flexibility index (Phi) is 7.23. The number of nitrogens with zero attached hydrogens (tertiary/aromatic N) is 1. The Labute approximate surface area is 182 Å². The fourth-order valence-electron chi connectivity index (χ4n) is 3.45. The van der Waals surface area contributed by atoms with Crippen molar-refractivity contribution in [1.82, 2.24) is 4.31 Å². The largest absolute Gasteiger partial charge is 0.495 e. The highest BCUT2D eigenvalue weighted by Crippen LogP contribution is 2.32. The first-order valence-corrected chi connectivity index (χ1v) is 11.5. The highest BCUT2D eigenvalue weighted by atomic mass is 35.5. The molecule has 0 unspecified atom stereocenters. The molecule has 7 nitrogen and oxygen atoms in total. The molecule has 162 valence electrons. The number of halogens is 1. The van der Waals surface area contributed by atoms with Gasteiger partial charge in [0.25, 0.3) is 0 Å². The van der Waals surface area contributed by atoms with E-state index in [0.717, 1.165) is 0 Å². The van der Waals surface area contributed by atoms with Crippen molar-refractivity contribution in [2.75, 3.05) is 32.1 Å². The summed E-state index contributed by atoms with van der Waals surface area (Å²) in [6, 6.07) is 11.6. The van der Waals surface area contributed by atoms with Crippen molar-refractivity contribution >= 4 is 33.2 Å². The summed E-state index contributed by atoms with van der Waals surface area (Å²) in [6.07, 6.45) is 1.18. The highest BCUT2D eigenvalue weighted by Gasteiger charge is 2.35. The number of rotatable bonds is 7. The van der Waals surface area contributed by atoms with E-state index < -0.39 is 15.9 Å². The zero-order valence-electron chi connectivity index (χ0n) is 16.9. The summed E-state index contributed by atoms with van der Waals surface area (Å²) in [4.78, 5) is 12.9. The molecule has 0 radical (unpaired) electrons. The van der Waals surface area contributed by atoms with Gasteiger partial charge in [0.1, 0.15) is 16.4 Å². The van der Waals surface area contributed by atoms with Crippen molar-refractivity contribution in [3.8, 4) is 11.5 Å². The minimum atomic E-state index is -3.86. The number of sulfonamides is 1. The maximum absolute atomic E-state index is 13.2. The van der Waals surface area contributed by atoms with Gasteiger partial charge in [0.15, 0.2) is 0 Å². The maximum atomic E-state index is 13.2. The lowest BCUT2D eigenvalue weighted by Crippen LogP contribution is -2.43. The highest BCUT2D eigenvalue weighted by molar-refractivity contribution is 7.89. The van der Waals surface area contributed by atoms with Gasteiger partial charge < -0.3 is 14.8 Å². The summed E-state index contributed by atoms with van der Waals surface area (Å²) in [6.45, 7) is 2.76. The van der Waals surface area contributed by atoms with Crippen molar-refractivity contribution in [3.05, 3.63) is 47.5 Å². The Balaban J connectivity index is 1.78. The van der Waals surface area contributed by atoms with Crippen molar-refractivity contribution in [1.29, 1.82) is 0 Å². The van der Waals surface area contributed by atoms with Crippen LogP contribution in [0.4, 0.5) is 5.69 Å². The SMILES string of the molecule is CCOc1ccccc1NC(=O)[C@@H]1CCCN(S(=O)(=O)c2cc(Cl)ccc2OC)C1. The first-order valence-electron chi connectivity index (χ1n) is 9.73. The third-order valence-electron chi connectivity index (χ3n) is 4.94. The van der Waals surface area contributed by atoms with Crippen LogP contribution < -0.4 is 14.8 Å². The van der Waals surface area contributed by atoms with Gasteiger partial charge in [-0.3, -0.25) is 4.79 Å². The van der Waals surface area contributed by atoms with Crippen LogP contribution in [0.5, 0.6) is 11.5 Å². The number of benzene rings is 2. The van der Waals surface area contributed by atoms with E-state index in [-0.39, 0.29) is 23.1 Å². The first-order chi connectivity index (χ1) is 14.4. The summed E-state index contributed by atoms with van der Waals surface area (Å²) in [5, 5.41) is 3.18. The Morgan fingerprint density at radius 3 is 2.73 bits per heavy atom. The molecule has 1 amide bonds. The monoisotopic (exact) mass is 452 g/mol. The van der Waals surface area contributed by atoms with E-state index in [0.29, 0.717) is 42.5 Å². The lowest BCUT2D eigenvalue weighted by molar-refractivity contribution is -0.120. The van der Waals surface area contributed by atoms with Crippen LogP contribution in [0.1, 0.15) is 19.8 Å². The average Bonchev–Trinajstić information content (AvgIpc) is 2.75. The molecule has 1 aliphatic heterocycles. The number of piperidine rings is 1. The van der Waals surface area contributed by atoms with Crippen LogP contribution in [0, 0.1) is 5.92 Å². The van der Waals surface area contributed by atoms with Crippen molar-refractivity contribution in [2.24, 2.45) is 5.92 Å². The van der Waals surface area contributed by atoms with E-state index in [9.17, 15) is 13.2 Å². The number of amides is 1. The van der Waals surface area contributed by atoms with Gasteiger partial charge in [0, 0.05) is 18.1 Å². The Morgan fingerprint density at radius 1 is 1.23 bits per heavy atom. The topological polar surface area (TPSA) is 84.9 Å². The molecule has 1 aliphatic rings. The van der Waals surface area contributed by atoms with Gasteiger partial charge in [0.2, 0.25) is 15.9 Å². The van der Waals surface area contributed by atoms with Crippen LogP contribution in [0.3, 0.4) is 0 Å². The third-order valence-corrected chi connectivity index (χ3v) is 7.06. The van der Waals surface area contributed by atoms with Gasteiger partial charge in [-0.15, -0.1) is 0 Å². The zero-order valence-corrected chi connectivity index (χ0v) is 18.5. The molecule has 1 N–H and O–H groups in total. The molecule has 0 bridgehead atoms. The molecule has 2 aromatic rings. The standard InChI is InChI=1S/C21H25ClN2O5S/c1-3-29-18-9-5-4-8-17(18)23-21(25)15-7-6-12-24(14-15)30(26,27)20-13-16(22)10-11-19(20)28-2/h4-5,8-11,13,15H,3,6-7,12,14H2,1-2H3,(H,23,25)/t15-/m1/s1. The van der Waals surface area contributed by atoms with Gasteiger partial charge in [0.05, 0.1) is 25.3 Å². The molecule has 0 saturated carbocycles. The second-order valence-electron chi connectivity index (χ2n) is 6.92. The van der Waals surface area contributed by atoms with Crippen LogP contribution in [-0.4, -0.2) is 45.4 Å². The number of hydrogen-bond donors (Lipinski definition) is 1. The van der Waals surface area contributed by atoms with E-state index >= 15 is 0 Å². The predicted octanol–water partition coefficient (Wildman–Crippen LogP) is 3.79. The summed E-state index contributed by atoms with van der Waals surface area (Å²) >= 11 is 6.01. The van der Waals surface area contributed by atoms with Gasteiger partial charge in [-0.1, -0.05) is 23.7 Å². The number of hydrogen-bond acceptors (Lipinski definition) is 5. The molecule has 0 aliphatic carbocycles. The van der Waals surface area contributed by atoms with Gasteiger partial charge >= 0.3 is 0 Å². The summed E-state index contributed by atoms with van der Waals surface area (Å²) in [5.41, 5.74) is 0.570. The number of methoxy groups -OCH3 is 1. The maximum Gasteiger partial charge on any atom is 0.246 e. The summed E-state index contributed by atoms with van der Waals surface area (Å²) in [5.74, 6) is 0.0856. The molecular weight excluding hydrogens is 428 g/mol. The molecule has 3 rings (SSSR count). The molecule has 1 saturated heterocycles. The second kappa shape index (κ2) is 9.68. The number of anilines is 1. The van der Waals surface area contributed by atoms with Crippen molar-refractivity contribution < 1.29 is 22.7 Å². The number of ether oxygens (including phenoxy) is 2. The predicted molar refractivity (Wildman–Crippen MR) is 116 cm³/mol. The van der Waals surface area contributed by atoms with Crippen LogP contribution in [0.25, 0.3) is 0 Å². The third kappa shape index (κ3) is 4.88. The van der Waals surface area contributed by atoms with Crippen LogP contribution in [0.15, 0.2) is 47.4 Å². The Morgan fingerprint density at radius 2 is 2.00 bits per heavy atom. The van der Waals surface area contributed by atoms with E-state index in [1.165, 1.54) is 23.5 Å². The minimum absolute atomic E-state index is 0.000231. The number of nitrogens with one attached hydrogen (secondary N) is 1. The number of para-hydroxylation sites is 2. The molecule has 0 spiro atoms. The molecule has 1 heterocycles. The number of carbonyl (C=O) groups excluding carboxylic acids is 1. The smallest absolute Gasteiger partial charge is 0.246 e. The Hall–Kier alpha value is -2.29. The van der Waals surface area contributed by atoms with Crippen LogP contribution >= 0.6 is 11.6 Å². The van der Waals surface area contributed by atoms with Gasteiger partial charge in [-0.25, -0.2) is 8.42 Å². The minimum Gasteiger partial charge on any atom is -0.495 e. The van der Waals surface area contributed by atoms with Crippen molar-refractivity contribution in [3.63, 3.8) is 0 Å². The normalized spacial score (nSPS) is 17.4. The van der Waals surface area contributed by atoms with E-state index in [1.807, 2.05) is 13.0 Å². The van der Waals surface area contributed by atoms with Gasteiger partial charge in [-0.05, 0) is 50.1 Å².